The summed E-state index contributed by atoms with van der Waals surface area (Å²) in [4.78, 5) is 0. The van der Waals surface area contributed by atoms with Gasteiger partial charge in [-0.15, -0.1) is 11.6 Å². The highest BCUT2D eigenvalue weighted by Gasteiger charge is 2.06. The van der Waals surface area contributed by atoms with Crippen LogP contribution in [0.1, 0.15) is 25.7 Å². The van der Waals surface area contributed by atoms with E-state index in [-0.39, 0.29) is 0 Å². The summed E-state index contributed by atoms with van der Waals surface area (Å²) in [6.45, 7) is 0.625. The van der Waals surface area contributed by atoms with Crippen LogP contribution in [0.5, 0.6) is 5.75 Å². The van der Waals surface area contributed by atoms with Crippen molar-refractivity contribution in [3.05, 3.63) is 27.2 Å². The van der Waals surface area contributed by atoms with Crippen molar-refractivity contribution in [3.8, 4) is 5.75 Å². The minimum Gasteiger partial charge on any atom is -0.492 e. The molecule has 0 aromatic heterocycles. The van der Waals surface area contributed by atoms with Crippen molar-refractivity contribution in [1.82, 2.24) is 0 Å². The first-order valence-electron chi connectivity index (χ1n) is 5.48. The highest BCUT2D eigenvalue weighted by Crippen LogP contribution is 2.33. The molecule has 0 atom stereocenters. The van der Waals surface area contributed by atoms with Gasteiger partial charge in [0.15, 0.2) is 0 Å². The van der Waals surface area contributed by atoms with E-state index in [9.17, 15) is 0 Å². The lowest BCUT2D eigenvalue weighted by Crippen LogP contribution is -1.98. The Kier molecular flexibility index (Phi) is 7.45. The SMILES string of the molecule is ClCCCCCCOc1cc(Cl)c(Cl)cc1Cl. The Hall–Kier alpha value is 0.180. The minimum atomic E-state index is 0.436. The minimum absolute atomic E-state index is 0.436. The summed E-state index contributed by atoms with van der Waals surface area (Å²) in [6, 6.07) is 3.24. The van der Waals surface area contributed by atoms with E-state index in [1.165, 1.54) is 0 Å². The number of ether oxygens (including phenoxy) is 1. The second kappa shape index (κ2) is 8.31. The zero-order valence-electron chi connectivity index (χ0n) is 9.32. The standard InChI is InChI=1S/C12H14Cl4O/c13-5-3-1-2-4-6-17-12-8-10(15)9(14)7-11(12)16/h7-8H,1-6H2. The van der Waals surface area contributed by atoms with E-state index in [1.807, 2.05) is 0 Å². The molecule has 1 nitrogen and oxygen atoms in total. The van der Waals surface area contributed by atoms with Crippen LogP contribution in [0.2, 0.25) is 15.1 Å². The van der Waals surface area contributed by atoms with Crippen molar-refractivity contribution in [2.75, 3.05) is 12.5 Å². The van der Waals surface area contributed by atoms with Gasteiger partial charge in [-0.1, -0.05) is 47.6 Å². The summed E-state index contributed by atoms with van der Waals surface area (Å²) >= 11 is 23.3. The predicted molar refractivity (Wildman–Crippen MR) is 76.2 cm³/mol. The molecule has 0 aliphatic heterocycles. The van der Waals surface area contributed by atoms with Crippen LogP contribution in [0.4, 0.5) is 0 Å². The van der Waals surface area contributed by atoms with E-state index in [1.54, 1.807) is 12.1 Å². The van der Waals surface area contributed by atoms with Gasteiger partial charge in [-0.25, -0.2) is 0 Å². The highest BCUT2D eigenvalue weighted by atomic mass is 35.5. The molecule has 0 radical (unpaired) electrons. The second-order valence-electron chi connectivity index (χ2n) is 3.65. The van der Waals surface area contributed by atoms with Crippen molar-refractivity contribution < 1.29 is 4.74 Å². The fraction of sp³-hybridized carbons (Fsp3) is 0.500. The number of hydrogen-bond donors (Lipinski definition) is 0. The van der Waals surface area contributed by atoms with E-state index in [4.69, 9.17) is 51.1 Å². The van der Waals surface area contributed by atoms with Crippen molar-refractivity contribution in [2.45, 2.75) is 25.7 Å². The molecule has 0 aliphatic rings. The monoisotopic (exact) mass is 314 g/mol. The smallest absolute Gasteiger partial charge is 0.139 e. The number of halogens is 4. The largest absolute Gasteiger partial charge is 0.492 e. The van der Waals surface area contributed by atoms with Gasteiger partial charge in [0, 0.05) is 11.9 Å². The Morgan fingerprint density at radius 2 is 1.47 bits per heavy atom. The second-order valence-corrected chi connectivity index (χ2v) is 5.25. The molecule has 0 saturated carbocycles. The van der Waals surface area contributed by atoms with Crippen molar-refractivity contribution in [3.63, 3.8) is 0 Å². The quantitative estimate of drug-likeness (QED) is 0.350. The Labute approximate surface area is 122 Å². The van der Waals surface area contributed by atoms with Gasteiger partial charge >= 0.3 is 0 Å². The van der Waals surface area contributed by atoms with Gasteiger partial charge in [0.1, 0.15) is 5.75 Å². The number of alkyl halides is 1. The maximum Gasteiger partial charge on any atom is 0.139 e. The average Bonchev–Trinajstić information content (AvgIpc) is 2.30. The van der Waals surface area contributed by atoms with Crippen LogP contribution in [-0.2, 0) is 0 Å². The Bertz CT molecular complexity index is 355. The molecule has 0 aliphatic carbocycles. The number of rotatable bonds is 7. The molecular formula is C12H14Cl4O. The summed E-state index contributed by atoms with van der Waals surface area (Å²) in [5.41, 5.74) is 0. The lowest BCUT2D eigenvalue weighted by Gasteiger charge is -2.09. The van der Waals surface area contributed by atoms with Gasteiger partial charge in [-0.3, -0.25) is 0 Å². The van der Waals surface area contributed by atoms with E-state index < -0.39 is 0 Å². The molecule has 1 aromatic rings. The average molecular weight is 316 g/mol. The summed E-state index contributed by atoms with van der Waals surface area (Å²) in [5.74, 6) is 1.30. The molecule has 0 amide bonds. The van der Waals surface area contributed by atoms with Crippen molar-refractivity contribution in [1.29, 1.82) is 0 Å². The molecule has 0 heterocycles. The molecule has 96 valence electrons. The number of benzene rings is 1. The molecule has 1 rings (SSSR count). The van der Waals surface area contributed by atoms with Crippen LogP contribution in [-0.4, -0.2) is 12.5 Å². The van der Waals surface area contributed by atoms with Crippen LogP contribution in [0, 0.1) is 0 Å². The first kappa shape index (κ1) is 15.2. The van der Waals surface area contributed by atoms with Crippen LogP contribution in [0.25, 0.3) is 0 Å². The van der Waals surface area contributed by atoms with Crippen LogP contribution >= 0.6 is 46.4 Å². The van der Waals surface area contributed by atoms with E-state index >= 15 is 0 Å². The summed E-state index contributed by atoms with van der Waals surface area (Å²) in [5, 5.41) is 1.37. The lowest BCUT2D eigenvalue weighted by atomic mass is 10.2. The van der Waals surface area contributed by atoms with Crippen LogP contribution in [0.15, 0.2) is 12.1 Å². The molecule has 5 heteroatoms. The Morgan fingerprint density at radius 3 is 2.18 bits per heavy atom. The van der Waals surface area contributed by atoms with Crippen molar-refractivity contribution in [2.24, 2.45) is 0 Å². The van der Waals surface area contributed by atoms with Crippen LogP contribution < -0.4 is 4.74 Å². The normalized spacial score (nSPS) is 10.6. The van der Waals surface area contributed by atoms with Gasteiger partial charge in [0.25, 0.3) is 0 Å². The van der Waals surface area contributed by atoms with Gasteiger partial charge < -0.3 is 4.74 Å². The fourth-order valence-electron chi connectivity index (χ4n) is 1.35. The Morgan fingerprint density at radius 1 is 0.824 bits per heavy atom. The third-order valence-corrected chi connectivity index (χ3v) is 3.55. The summed E-state index contributed by atoms with van der Waals surface area (Å²) < 4.78 is 5.54. The molecule has 0 unspecified atom stereocenters. The first-order chi connectivity index (χ1) is 8.15. The maximum atomic E-state index is 5.98. The number of unbranched alkanes of at least 4 members (excludes halogenated alkanes) is 3. The van der Waals surface area contributed by atoms with Gasteiger partial charge in [0.05, 0.1) is 21.7 Å². The van der Waals surface area contributed by atoms with E-state index in [0.29, 0.717) is 27.4 Å². The molecule has 0 spiro atoms. The van der Waals surface area contributed by atoms with Gasteiger partial charge in [-0.05, 0) is 18.9 Å². The first-order valence-corrected chi connectivity index (χ1v) is 7.15. The van der Waals surface area contributed by atoms with Crippen molar-refractivity contribution >= 4 is 46.4 Å². The predicted octanol–water partition coefficient (Wildman–Crippen LogP) is 5.82. The van der Waals surface area contributed by atoms with Crippen LogP contribution in [0.3, 0.4) is 0 Å². The van der Waals surface area contributed by atoms with Gasteiger partial charge in [0.2, 0.25) is 0 Å². The topological polar surface area (TPSA) is 9.23 Å². The molecule has 0 bridgehead atoms. The Balaban J connectivity index is 2.34. The molecule has 0 fully saturated rings. The summed E-state index contributed by atoms with van der Waals surface area (Å²) in [6.07, 6.45) is 4.26. The molecule has 0 saturated heterocycles. The van der Waals surface area contributed by atoms with Gasteiger partial charge in [-0.2, -0.15) is 0 Å². The number of hydrogen-bond acceptors (Lipinski definition) is 1. The molecular weight excluding hydrogens is 302 g/mol. The third kappa shape index (κ3) is 5.56. The highest BCUT2D eigenvalue weighted by molar-refractivity contribution is 6.43. The zero-order valence-corrected chi connectivity index (χ0v) is 12.3. The third-order valence-electron chi connectivity index (χ3n) is 2.26. The molecule has 17 heavy (non-hydrogen) atoms. The van der Waals surface area contributed by atoms with E-state index in [2.05, 4.69) is 0 Å². The summed E-state index contributed by atoms with van der Waals surface area (Å²) in [7, 11) is 0. The fourth-order valence-corrected chi connectivity index (χ4v) is 2.13. The molecule has 1 aromatic carbocycles. The zero-order chi connectivity index (χ0) is 12.7. The van der Waals surface area contributed by atoms with E-state index in [0.717, 1.165) is 31.6 Å². The lowest BCUT2D eigenvalue weighted by molar-refractivity contribution is 0.305. The maximum absolute atomic E-state index is 5.98. The molecule has 0 N–H and O–H groups in total.